The van der Waals surface area contributed by atoms with Gasteiger partial charge in [0.2, 0.25) is 5.95 Å². The van der Waals surface area contributed by atoms with Gasteiger partial charge in [0.25, 0.3) is 5.91 Å². The minimum atomic E-state index is -0.360. The molecule has 6 nitrogen and oxygen atoms in total. The zero-order chi connectivity index (χ0) is 20.4. The summed E-state index contributed by atoms with van der Waals surface area (Å²) in [6, 6.07) is 14.3. The van der Waals surface area contributed by atoms with Crippen LogP contribution in [0, 0.1) is 0 Å². The Balaban J connectivity index is 1.56. The third-order valence-electron chi connectivity index (χ3n) is 4.94. The molecular weight excluding hydrogens is 390 g/mol. The minimum absolute atomic E-state index is 0.000198. The van der Waals surface area contributed by atoms with Crippen LogP contribution in [0.2, 0.25) is 5.02 Å². The Bertz CT molecular complexity index is 1080. The maximum Gasteiger partial charge on any atom is 0.258 e. The number of Topliss-reactive ketones (excluding diaryl/α,β-unsaturated/α-hetero) is 1. The number of anilines is 1. The summed E-state index contributed by atoms with van der Waals surface area (Å²) in [6.45, 7) is 0. The Morgan fingerprint density at radius 3 is 2.69 bits per heavy atom. The Labute approximate surface area is 172 Å². The van der Waals surface area contributed by atoms with Crippen LogP contribution in [0.3, 0.4) is 0 Å². The molecule has 0 radical (unpaired) electrons. The molecule has 1 aliphatic carbocycles. The average molecular weight is 408 g/mol. The maximum absolute atomic E-state index is 12.6. The molecule has 3 aromatic rings. The Hall–Kier alpha value is -3.25. The van der Waals surface area contributed by atoms with Crippen molar-refractivity contribution in [1.29, 1.82) is 0 Å². The molecule has 2 aromatic carbocycles. The van der Waals surface area contributed by atoms with Crippen molar-refractivity contribution in [3.8, 4) is 5.75 Å². The monoisotopic (exact) mass is 407 g/mol. The predicted molar refractivity (Wildman–Crippen MR) is 110 cm³/mol. The average Bonchev–Trinajstić information content (AvgIpc) is 2.73. The molecule has 0 aliphatic heterocycles. The topological polar surface area (TPSA) is 81.2 Å². The van der Waals surface area contributed by atoms with E-state index in [1.54, 1.807) is 31.4 Å². The fourth-order valence-corrected chi connectivity index (χ4v) is 3.61. The molecule has 146 valence electrons. The van der Waals surface area contributed by atoms with Crippen LogP contribution in [-0.2, 0) is 6.42 Å². The van der Waals surface area contributed by atoms with Gasteiger partial charge in [-0.05, 0) is 48.2 Å². The van der Waals surface area contributed by atoms with Crippen LogP contribution in [0.1, 0.15) is 44.3 Å². The molecule has 0 spiro atoms. The van der Waals surface area contributed by atoms with E-state index in [2.05, 4.69) is 15.3 Å². The van der Waals surface area contributed by atoms with E-state index in [-0.39, 0.29) is 23.6 Å². The van der Waals surface area contributed by atoms with Gasteiger partial charge >= 0.3 is 0 Å². The number of halogens is 1. The van der Waals surface area contributed by atoms with Gasteiger partial charge in [-0.1, -0.05) is 29.8 Å². The normalized spacial score (nSPS) is 15.5. The maximum atomic E-state index is 12.6. The number of hydrogen-bond acceptors (Lipinski definition) is 5. The molecular formula is C22H18ClN3O3. The first kappa shape index (κ1) is 19.1. The molecule has 0 saturated carbocycles. The number of amides is 1. The highest BCUT2D eigenvalue weighted by Gasteiger charge is 2.28. The SMILES string of the molecule is COc1ccc([C@H]2CC(=O)c3cnc(NC(=O)c4cccc(Cl)c4)nc3C2)cc1. The van der Waals surface area contributed by atoms with Crippen molar-refractivity contribution in [1.82, 2.24) is 9.97 Å². The largest absolute Gasteiger partial charge is 0.497 e. The van der Waals surface area contributed by atoms with Gasteiger partial charge < -0.3 is 4.74 Å². The summed E-state index contributed by atoms with van der Waals surface area (Å²) < 4.78 is 5.19. The fraction of sp³-hybridized carbons (Fsp3) is 0.182. The molecule has 1 amide bonds. The second-order valence-electron chi connectivity index (χ2n) is 6.82. The summed E-state index contributed by atoms with van der Waals surface area (Å²) in [4.78, 5) is 33.6. The van der Waals surface area contributed by atoms with Gasteiger partial charge in [0.05, 0.1) is 18.4 Å². The number of fused-ring (bicyclic) bond motifs is 1. The van der Waals surface area contributed by atoms with Crippen LogP contribution in [0.4, 0.5) is 5.95 Å². The number of aromatic nitrogens is 2. The second-order valence-corrected chi connectivity index (χ2v) is 7.26. The molecule has 0 unspecified atom stereocenters. The first-order valence-corrected chi connectivity index (χ1v) is 9.51. The lowest BCUT2D eigenvalue weighted by molar-refractivity contribution is 0.0962. The van der Waals surface area contributed by atoms with Crippen molar-refractivity contribution in [3.63, 3.8) is 0 Å². The minimum Gasteiger partial charge on any atom is -0.497 e. The third-order valence-corrected chi connectivity index (χ3v) is 5.17. The predicted octanol–water partition coefficient (Wildman–Crippen LogP) is 4.30. The van der Waals surface area contributed by atoms with Crippen molar-refractivity contribution in [2.75, 3.05) is 12.4 Å². The number of nitrogens with one attached hydrogen (secondary N) is 1. The number of hydrogen-bond donors (Lipinski definition) is 1. The van der Waals surface area contributed by atoms with Crippen molar-refractivity contribution in [3.05, 3.63) is 82.1 Å². The van der Waals surface area contributed by atoms with Crippen molar-refractivity contribution < 1.29 is 14.3 Å². The van der Waals surface area contributed by atoms with Gasteiger partial charge in [-0.25, -0.2) is 9.97 Å². The number of carbonyl (C=O) groups excluding carboxylic acids is 2. The van der Waals surface area contributed by atoms with Gasteiger partial charge in [0, 0.05) is 23.2 Å². The molecule has 1 N–H and O–H groups in total. The van der Waals surface area contributed by atoms with Crippen molar-refractivity contribution >= 4 is 29.2 Å². The number of ether oxygens (including phenoxy) is 1. The first-order valence-electron chi connectivity index (χ1n) is 9.13. The summed E-state index contributed by atoms with van der Waals surface area (Å²) in [5, 5.41) is 3.14. The summed E-state index contributed by atoms with van der Waals surface area (Å²) in [5.41, 5.74) is 2.60. The van der Waals surface area contributed by atoms with Crippen LogP contribution in [0.5, 0.6) is 5.75 Å². The Kier molecular flexibility index (Phi) is 5.27. The Morgan fingerprint density at radius 2 is 1.97 bits per heavy atom. The van der Waals surface area contributed by atoms with E-state index in [0.717, 1.165) is 11.3 Å². The smallest absolute Gasteiger partial charge is 0.258 e. The summed E-state index contributed by atoms with van der Waals surface area (Å²) >= 11 is 5.94. The molecule has 1 aromatic heterocycles. The van der Waals surface area contributed by atoms with E-state index in [0.29, 0.717) is 34.7 Å². The zero-order valence-electron chi connectivity index (χ0n) is 15.7. The van der Waals surface area contributed by atoms with Gasteiger partial charge in [-0.2, -0.15) is 0 Å². The second kappa shape index (κ2) is 8.01. The lowest BCUT2D eigenvalue weighted by Gasteiger charge is -2.23. The Morgan fingerprint density at radius 1 is 1.17 bits per heavy atom. The quantitative estimate of drug-likeness (QED) is 0.697. The number of methoxy groups -OCH3 is 1. The first-order chi connectivity index (χ1) is 14.0. The van der Waals surface area contributed by atoms with E-state index in [1.807, 2.05) is 24.3 Å². The van der Waals surface area contributed by atoms with Gasteiger partial charge in [-0.15, -0.1) is 0 Å². The molecule has 0 fully saturated rings. The van der Waals surface area contributed by atoms with Gasteiger partial charge in [-0.3, -0.25) is 14.9 Å². The highest BCUT2D eigenvalue weighted by Crippen LogP contribution is 2.32. The number of carbonyl (C=O) groups is 2. The highest BCUT2D eigenvalue weighted by molar-refractivity contribution is 6.31. The fourth-order valence-electron chi connectivity index (χ4n) is 3.42. The van der Waals surface area contributed by atoms with Gasteiger partial charge in [0.15, 0.2) is 5.78 Å². The molecule has 4 rings (SSSR count). The standard InChI is InChI=1S/C22H18ClN3O3/c1-29-17-7-5-13(6-8-17)15-10-19-18(20(27)11-15)12-24-22(25-19)26-21(28)14-3-2-4-16(23)9-14/h2-9,12,15H,10-11H2,1H3,(H,24,25,26,28)/t15-/m1/s1. The number of benzene rings is 2. The summed E-state index contributed by atoms with van der Waals surface area (Å²) in [5.74, 6) is 0.592. The molecule has 1 heterocycles. The van der Waals surface area contributed by atoms with E-state index in [4.69, 9.17) is 16.3 Å². The van der Waals surface area contributed by atoms with E-state index in [9.17, 15) is 9.59 Å². The van der Waals surface area contributed by atoms with Crippen LogP contribution in [0.15, 0.2) is 54.7 Å². The molecule has 1 atom stereocenters. The molecule has 0 bridgehead atoms. The van der Waals surface area contributed by atoms with Crippen molar-refractivity contribution in [2.45, 2.75) is 18.8 Å². The van der Waals surface area contributed by atoms with E-state index >= 15 is 0 Å². The number of rotatable bonds is 4. The molecule has 0 saturated heterocycles. The van der Waals surface area contributed by atoms with Crippen molar-refractivity contribution in [2.24, 2.45) is 0 Å². The lowest BCUT2D eigenvalue weighted by atomic mass is 9.82. The van der Waals surface area contributed by atoms with Gasteiger partial charge in [0.1, 0.15) is 5.75 Å². The van der Waals surface area contributed by atoms with E-state index in [1.165, 1.54) is 6.20 Å². The van der Waals surface area contributed by atoms with Crippen LogP contribution >= 0.6 is 11.6 Å². The molecule has 7 heteroatoms. The summed E-state index contributed by atoms with van der Waals surface area (Å²) in [7, 11) is 1.62. The van der Waals surface area contributed by atoms with Crippen LogP contribution in [0.25, 0.3) is 0 Å². The molecule has 1 aliphatic rings. The van der Waals surface area contributed by atoms with Crippen LogP contribution < -0.4 is 10.1 Å². The summed E-state index contributed by atoms with van der Waals surface area (Å²) in [6.07, 6.45) is 2.48. The zero-order valence-corrected chi connectivity index (χ0v) is 16.4. The number of nitrogens with zero attached hydrogens (tertiary/aromatic N) is 2. The lowest BCUT2D eigenvalue weighted by Crippen LogP contribution is -2.22. The third kappa shape index (κ3) is 4.12. The highest BCUT2D eigenvalue weighted by atomic mass is 35.5. The molecule has 29 heavy (non-hydrogen) atoms. The van der Waals surface area contributed by atoms with E-state index < -0.39 is 0 Å². The van der Waals surface area contributed by atoms with Crippen LogP contribution in [-0.4, -0.2) is 28.8 Å². The number of ketones is 1.